The first kappa shape index (κ1) is 22.9. The molecule has 2 aliphatic rings. The van der Waals surface area contributed by atoms with Crippen molar-refractivity contribution in [2.75, 3.05) is 30.4 Å². The Balaban J connectivity index is 1.24. The lowest BCUT2D eigenvalue weighted by molar-refractivity contribution is -0.126. The Morgan fingerprint density at radius 3 is 2.76 bits per heavy atom. The Labute approximate surface area is 199 Å². The van der Waals surface area contributed by atoms with Crippen LogP contribution in [0.1, 0.15) is 40.1 Å². The summed E-state index contributed by atoms with van der Waals surface area (Å²) >= 11 is 1.09. The number of nitrogens with zero attached hydrogens (tertiary/aromatic N) is 3. The zero-order valence-corrected chi connectivity index (χ0v) is 19.8. The number of thiophene rings is 1. The van der Waals surface area contributed by atoms with E-state index in [1.807, 2.05) is 25.1 Å². The standard InChI is InChI=1S/C24H26F3N5OS/c1-14-7-15(3-4-18(14)21(33)28-2)31-16-9-23(10-16)5-6-32(12-23)20-19-8-17(11-24(25,26)27)34-22(19)30-13-29-20/h3-4,7-8,13,16,31H,5-6,9-12H2,1-2H3,(H,28,33). The molecule has 1 amide bonds. The minimum absolute atomic E-state index is 0.0901. The number of alkyl halides is 3. The number of carbonyl (C=O) groups excluding carboxylic acids is 1. The lowest BCUT2D eigenvalue weighted by atomic mass is 9.65. The van der Waals surface area contributed by atoms with Crippen molar-refractivity contribution >= 4 is 39.0 Å². The van der Waals surface area contributed by atoms with Gasteiger partial charge in [0.2, 0.25) is 0 Å². The summed E-state index contributed by atoms with van der Waals surface area (Å²) in [6.45, 7) is 3.61. The van der Waals surface area contributed by atoms with E-state index >= 15 is 0 Å². The molecule has 10 heteroatoms. The first-order chi connectivity index (χ1) is 16.1. The van der Waals surface area contributed by atoms with E-state index in [0.29, 0.717) is 21.8 Å². The summed E-state index contributed by atoms with van der Waals surface area (Å²) in [6.07, 6.45) is -0.638. The van der Waals surface area contributed by atoms with Crippen molar-refractivity contribution in [1.29, 1.82) is 0 Å². The van der Waals surface area contributed by atoms with Gasteiger partial charge in [0, 0.05) is 42.3 Å². The Morgan fingerprint density at radius 1 is 1.26 bits per heavy atom. The summed E-state index contributed by atoms with van der Waals surface area (Å²) in [4.78, 5) is 23.6. The fourth-order valence-electron chi connectivity index (χ4n) is 5.35. The summed E-state index contributed by atoms with van der Waals surface area (Å²) < 4.78 is 38.5. The molecule has 2 N–H and O–H groups in total. The predicted octanol–water partition coefficient (Wildman–Crippen LogP) is 4.94. The number of nitrogens with one attached hydrogen (secondary N) is 2. The fourth-order valence-corrected chi connectivity index (χ4v) is 6.37. The van der Waals surface area contributed by atoms with Crippen molar-refractivity contribution in [2.24, 2.45) is 5.41 Å². The zero-order valence-electron chi connectivity index (χ0n) is 19.0. The van der Waals surface area contributed by atoms with Gasteiger partial charge in [-0.2, -0.15) is 13.2 Å². The van der Waals surface area contributed by atoms with Crippen molar-refractivity contribution < 1.29 is 18.0 Å². The molecule has 180 valence electrons. The normalized spacial score (nSPS) is 22.3. The van der Waals surface area contributed by atoms with Crippen molar-refractivity contribution in [3.05, 3.63) is 46.6 Å². The maximum Gasteiger partial charge on any atom is 0.393 e. The van der Waals surface area contributed by atoms with Gasteiger partial charge in [-0.1, -0.05) is 0 Å². The van der Waals surface area contributed by atoms with Crippen LogP contribution >= 0.6 is 11.3 Å². The number of amides is 1. The summed E-state index contributed by atoms with van der Waals surface area (Å²) in [5, 5.41) is 6.95. The third-order valence-electron chi connectivity index (χ3n) is 6.90. The molecule has 1 saturated heterocycles. The molecule has 0 unspecified atom stereocenters. The lowest BCUT2D eigenvalue weighted by Crippen LogP contribution is -2.46. The van der Waals surface area contributed by atoms with Crippen molar-refractivity contribution in [3.63, 3.8) is 0 Å². The molecule has 0 atom stereocenters. The highest BCUT2D eigenvalue weighted by molar-refractivity contribution is 7.18. The maximum absolute atomic E-state index is 12.8. The first-order valence-electron chi connectivity index (χ1n) is 11.3. The van der Waals surface area contributed by atoms with E-state index in [0.717, 1.165) is 60.8 Å². The molecular formula is C24H26F3N5OS. The molecule has 0 radical (unpaired) electrons. The molecule has 1 aromatic carbocycles. The molecule has 0 bridgehead atoms. The van der Waals surface area contributed by atoms with E-state index in [4.69, 9.17) is 0 Å². The van der Waals surface area contributed by atoms with Crippen LogP contribution < -0.4 is 15.5 Å². The maximum atomic E-state index is 12.8. The van der Waals surface area contributed by atoms with Gasteiger partial charge in [-0.3, -0.25) is 4.79 Å². The number of fused-ring (bicyclic) bond motifs is 1. The Hall–Kier alpha value is -2.88. The van der Waals surface area contributed by atoms with Gasteiger partial charge >= 0.3 is 6.18 Å². The van der Waals surface area contributed by atoms with Crippen LogP contribution in [-0.4, -0.2) is 48.2 Å². The van der Waals surface area contributed by atoms with Crippen molar-refractivity contribution in [3.8, 4) is 0 Å². The van der Waals surface area contributed by atoms with Crippen molar-refractivity contribution in [2.45, 2.75) is 44.8 Å². The third kappa shape index (κ3) is 4.43. The molecule has 1 spiro atoms. The molecule has 6 nitrogen and oxygen atoms in total. The van der Waals surface area contributed by atoms with Crippen LogP contribution in [0.4, 0.5) is 24.7 Å². The number of anilines is 2. The van der Waals surface area contributed by atoms with Gasteiger partial charge in [-0.15, -0.1) is 11.3 Å². The highest BCUT2D eigenvalue weighted by atomic mass is 32.1. The number of halogens is 3. The topological polar surface area (TPSA) is 70.2 Å². The van der Waals surface area contributed by atoms with E-state index in [1.54, 1.807) is 13.1 Å². The molecule has 1 aliphatic carbocycles. The van der Waals surface area contributed by atoms with Crippen molar-refractivity contribution in [1.82, 2.24) is 15.3 Å². The SMILES string of the molecule is CNC(=O)c1ccc(NC2CC3(CCN(c4ncnc5sc(CC(F)(F)F)cc45)C3)C2)cc1C. The van der Waals surface area contributed by atoms with Gasteiger partial charge in [-0.25, -0.2) is 9.97 Å². The van der Waals surface area contributed by atoms with E-state index < -0.39 is 12.6 Å². The number of rotatable bonds is 5. The first-order valence-corrected chi connectivity index (χ1v) is 12.1. The molecule has 2 fully saturated rings. The predicted molar refractivity (Wildman–Crippen MR) is 128 cm³/mol. The number of hydrogen-bond acceptors (Lipinski definition) is 6. The van der Waals surface area contributed by atoms with E-state index in [9.17, 15) is 18.0 Å². The number of aromatic nitrogens is 2. The van der Waals surface area contributed by atoms with E-state index in [1.165, 1.54) is 6.33 Å². The van der Waals surface area contributed by atoms with Gasteiger partial charge < -0.3 is 15.5 Å². The summed E-state index contributed by atoms with van der Waals surface area (Å²) in [5.74, 6) is 0.649. The molecule has 1 saturated carbocycles. The zero-order chi connectivity index (χ0) is 24.1. The third-order valence-corrected chi connectivity index (χ3v) is 7.94. The van der Waals surface area contributed by atoms with E-state index in [-0.39, 0.29) is 16.2 Å². The minimum Gasteiger partial charge on any atom is -0.382 e. The minimum atomic E-state index is -4.23. The second kappa shape index (κ2) is 8.41. The summed E-state index contributed by atoms with van der Waals surface area (Å²) in [5.41, 5.74) is 2.80. The Morgan fingerprint density at radius 2 is 2.06 bits per heavy atom. The lowest BCUT2D eigenvalue weighted by Gasteiger charge is -2.46. The molecule has 1 aliphatic heterocycles. The quantitative estimate of drug-likeness (QED) is 0.532. The van der Waals surface area contributed by atoms with Gasteiger partial charge in [0.25, 0.3) is 5.91 Å². The van der Waals surface area contributed by atoms with Crippen LogP contribution in [0.3, 0.4) is 0 Å². The highest BCUT2D eigenvalue weighted by Gasteiger charge is 2.49. The largest absolute Gasteiger partial charge is 0.393 e. The van der Waals surface area contributed by atoms with Gasteiger partial charge in [0.1, 0.15) is 17.0 Å². The van der Waals surface area contributed by atoms with Crippen LogP contribution in [0.25, 0.3) is 10.2 Å². The van der Waals surface area contributed by atoms with Gasteiger partial charge in [-0.05, 0) is 61.4 Å². The van der Waals surface area contributed by atoms with E-state index in [2.05, 4.69) is 25.5 Å². The molecule has 5 rings (SSSR count). The molecular weight excluding hydrogens is 463 g/mol. The average molecular weight is 490 g/mol. The highest BCUT2D eigenvalue weighted by Crippen LogP contribution is 2.50. The van der Waals surface area contributed by atoms with Gasteiger partial charge in [0.15, 0.2) is 0 Å². The Kier molecular flexibility index (Phi) is 5.66. The summed E-state index contributed by atoms with van der Waals surface area (Å²) in [7, 11) is 1.62. The number of carbonyl (C=O) groups is 1. The smallest absolute Gasteiger partial charge is 0.382 e. The van der Waals surface area contributed by atoms with Crippen LogP contribution in [0.15, 0.2) is 30.6 Å². The second-order valence-electron chi connectivity index (χ2n) is 9.45. The fraction of sp³-hybridized carbons (Fsp3) is 0.458. The Bertz CT molecular complexity index is 1240. The molecule has 2 aromatic heterocycles. The van der Waals surface area contributed by atoms with Crippen LogP contribution in [0.5, 0.6) is 0 Å². The molecule has 3 heterocycles. The number of hydrogen-bond donors (Lipinski definition) is 2. The molecule has 3 aromatic rings. The number of aryl methyl sites for hydroxylation is 1. The van der Waals surface area contributed by atoms with Crippen LogP contribution in [0.2, 0.25) is 0 Å². The summed E-state index contributed by atoms with van der Waals surface area (Å²) in [6, 6.07) is 7.75. The van der Waals surface area contributed by atoms with Crippen LogP contribution in [0, 0.1) is 12.3 Å². The van der Waals surface area contributed by atoms with Crippen LogP contribution in [-0.2, 0) is 6.42 Å². The molecule has 34 heavy (non-hydrogen) atoms. The number of benzene rings is 1. The average Bonchev–Trinajstić information content (AvgIpc) is 3.35. The van der Waals surface area contributed by atoms with Gasteiger partial charge in [0.05, 0.1) is 11.8 Å². The monoisotopic (exact) mass is 489 g/mol. The second-order valence-corrected chi connectivity index (χ2v) is 10.6.